The zero-order valence-electron chi connectivity index (χ0n) is 10.6. The predicted octanol–water partition coefficient (Wildman–Crippen LogP) is 4.66. The summed E-state index contributed by atoms with van der Waals surface area (Å²) in [6.07, 6.45) is 0. The molecule has 0 aliphatic rings. The van der Waals surface area contributed by atoms with E-state index in [4.69, 9.17) is 16.9 Å². The normalized spacial score (nSPS) is 11.8. The van der Waals surface area contributed by atoms with Crippen molar-refractivity contribution >= 4 is 17.3 Å². The lowest BCUT2D eigenvalue weighted by atomic mass is 10.1. The van der Waals surface area contributed by atoms with E-state index in [2.05, 4.69) is 5.32 Å². The van der Waals surface area contributed by atoms with Gasteiger partial charge in [0.05, 0.1) is 11.3 Å². The van der Waals surface area contributed by atoms with Crippen molar-refractivity contribution in [1.29, 1.82) is 5.26 Å². The van der Waals surface area contributed by atoms with Crippen molar-refractivity contribution in [3.8, 4) is 6.07 Å². The number of benzene rings is 2. The van der Waals surface area contributed by atoms with Gasteiger partial charge in [0.15, 0.2) is 11.6 Å². The number of hydrogen-bond acceptors (Lipinski definition) is 2. The molecule has 2 rings (SSSR count). The van der Waals surface area contributed by atoms with Gasteiger partial charge in [0.2, 0.25) is 0 Å². The van der Waals surface area contributed by atoms with E-state index >= 15 is 0 Å². The van der Waals surface area contributed by atoms with Gasteiger partial charge in [0, 0.05) is 11.1 Å². The van der Waals surface area contributed by atoms with Crippen LogP contribution in [0, 0.1) is 23.0 Å². The van der Waals surface area contributed by atoms with Gasteiger partial charge in [-0.05, 0) is 42.8 Å². The van der Waals surface area contributed by atoms with Crippen molar-refractivity contribution in [2.45, 2.75) is 13.0 Å². The van der Waals surface area contributed by atoms with Crippen LogP contribution in [0.5, 0.6) is 0 Å². The Kier molecular flexibility index (Phi) is 4.21. The molecule has 0 saturated carbocycles. The highest BCUT2D eigenvalue weighted by Gasteiger charge is 2.11. The molecule has 1 N–H and O–H groups in total. The topological polar surface area (TPSA) is 35.8 Å². The van der Waals surface area contributed by atoms with Crippen molar-refractivity contribution in [2.24, 2.45) is 0 Å². The Morgan fingerprint density at radius 3 is 2.55 bits per heavy atom. The number of rotatable bonds is 3. The van der Waals surface area contributed by atoms with E-state index in [1.807, 2.05) is 6.07 Å². The number of nitriles is 1. The van der Waals surface area contributed by atoms with E-state index in [1.54, 1.807) is 25.1 Å². The van der Waals surface area contributed by atoms with Crippen LogP contribution in [0.4, 0.5) is 14.5 Å². The fraction of sp³-hybridized carbons (Fsp3) is 0.133. The van der Waals surface area contributed by atoms with Gasteiger partial charge in [-0.3, -0.25) is 0 Å². The number of nitrogens with one attached hydrogen (secondary N) is 1. The molecule has 2 aromatic carbocycles. The van der Waals surface area contributed by atoms with E-state index in [0.29, 0.717) is 21.8 Å². The highest BCUT2D eigenvalue weighted by Crippen LogP contribution is 2.25. The first-order valence-electron chi connectivity index (χ1n) is 5.92. The fourth-order valence-electron chi connectivity index (χ4n) is 1.83. The lowest BCUT2D eigenvalue weighted by Crippen LogP contribution is -2.08. The summed E-state index contributed by atoms with van der Waals surface area (Å²) < 4.78 is 26.1. The molecule has 1 atom stereocenters. The van der Waals surface area contributed by atoms with Crippen molar-refractivity contribution in [3.05, 3.63) is 64.2 Å². The van der Waals surface area contributed by atoms with Crippen LogP contribution in [-0.4, -0.2) is 0 Å². The number of nitrogens with zero attached hydrogens (tertiary/aromatic N) is 1. The quantitative estimate of drug-likeness (QED) is 0.893. The molecule has 2 nitrogen and oxygen atoms in total. The number of halogens is 3. The number of hydrogen-bond donors (Lipinski definition) is 1. The van der Waals surface area contributed by atoms with Crippen LogP contribution < -0.4 is 5.32 Å². The van der Waals surface area contributed by atoms with E-state index < -0.39 is 11.6 Å². The maximum atomic E-state index is 13.2. The average Bonchev–Trinajstić information content (AvgIpc) is 2.42. The zero-order chi connectivity index (χ0) is 14.7. The smallest absolute Gasteiger partial charge is 0.159 e. The zero-order valence-corrected chi connectivity index (χ0v) is 11.4. The molecule has 2 aromatic rings. The van der Waals surface area contributed by atoms with Crippen molar-refractivity contribution in [2.75, 3.05) is 5.32 Å². The third-order valence-corrected chi connectivity index (χ3v) is 3.15. The monoisotopic (exact) mass is 292 g/mol. The van der Waals surface area contributed by atoms with Crippen LogP contribution in [0.2, 0.25) is 5.02 Å². The first-order chi connectivity index (χ1) is 9.51. The Balaban J connectivity index is 2.27. The minimum absolute atomic E-state index is 0.296. The first kappa shape index (κ1) is 14.3. The molecule has 0 aliphatic heterocycles. The molecule has 0 fully saturated rings. The van der Waals surface area contributed by atoms with Crippen molar-refractivity contribution in [3.63, 3.8) is 0 Å². The molecule has 1 unspecified atom stereocenters. The third-order valence-electron chi connectivity index (χ3n) is 2.92. The molecule has 20 heavy (non-hydrogen) atoms. The van der Waals surface area contributed by atoms with Gasteiger partial charge in [-0.25, -0.2) is 8.78 Å². The lowest BCUT2D eigenvalue weighted by molar-refractivity contribution is 0.506. The predicted molar refractivity (Wildman–Crippen MR) is 74.6 cm³/mol. The van der Waals surface area contributed by atoms with Crippen LogP contribution in [-0.2, 0) is 0 Å². The lowest BCUT2D eigenvalue weighted by Gasteiger charge is -2.17. The molecular formula is C15H11ClF2N2. The summed E-state index contributed by atoms with van der Waals surface area (Å²) in [5.41, 5.74) is 1.56. The maximum Gasteiger partial charge on any atom is 0.159 e. The van der Waals surface area contributed by atoms with Crippen LogP contribution >= 0.6 is 11.6 Å². The van der Waals surface area contributed by atoms with E-state index in [-0.39, 0.29) is 6.04 Å². The summed E-state index contributed by atoms with van der Waals surface area (Å²) in [5, 5.41) is 12.6. The summed E-state index contributed by atoms with van der Waals surface area (Å²) in [7, 11) is 0. The van der Waals surface area contributed by atoms with Gasteiger partial charge in [0.1, 0.15) is 6.07 Å². The molecule has 0 bridgehead atoms. The van der Waals surface area contributed by atoms with Crippen LogP contribution in [0.25, 0.3) is 0 Å². The molecule has 102 valence electrons. The van der Waals surface area contributed by atoms with E-state index in [1.165, 1.54) is 6.07 Å². The van der Waals surface area contributed by atoms with Crippen LogP contribution in [0.3, 0.4) is 0 Å². The third kappa shape index (κ3) is 3.06. The Bertz CT molecular complexity index is 680. The standard InChI is InChI=1S/C15H11ClF2N2/c1-9(10-3-5-13(17)14(18)6-10)20-15-7-12(16)4-2-11(15)8-19/h2-7,9,20H,1H3. The molecule has 0 aliphatic carbocycles. The molecule has 0 saturated heterocycles. The van der Waals surface area contributed by atoms with Gasteiger partial charge >= 0.3 is 0 Å². The second-order valence-electron chi connectivity index (χ2n) is 4.34. The minimum atomic E-state index is -0.900. The second-order valence-corrected chi connectivity index (χ2v) is 4.78. The highest BCUT2D eigenvalue weighted by atomic mass is 35.5. The molecule has 0 heterocycles. The average molecular weight is 293 g/mol. The summed E-state index contributed by atoms with van der Waals surface area (Å²) >= 11 is 5.89. The molecule has 5 heteroatoms. The summed E-state index contributed by atoms with van der Waals surface area (Å²) in [4.78, 5) is 0. The van der Waals surface area contributed by atoms with Crippen LogP contribution in [0.15, 0.2) is 36.4 Å². The molecule has 0 amide bonds. The molecule has 0 aromatic heterocycles. The Hall–Kier alpha value is -2.12. The Morgan fingerprint density at radius 2 is 1.90 bits per heavy atom. The van der Waals surface area contributed by atoms with Crippen molar-refractivity contribution in [1.82, 2.24) is 0 Å². The summed E-state index contributed by atoms with van der Waals surface area (Å²) in [6.45, 7) is 1.79. The van der Waals surface area contributed by atoms with Gasteiger partial charge in [0.25, 0.3) is 0 Å². The maximum absolute atomic E-state index is 13.2. The molecule has 0 radical (unpaired) electrons. The highest BCUT2D eigenvalue weighted by molar-refractivity contribution is 6.30. The van der Waals surface area contributed by atoms with Crippen molar-refractivity contribution < 1.29 is 8.78 Å². The van der Waals surface area contributed by atoms with Gasteiger partial charge < -0.3 is 5.32 Å². The summed E-state index contributed by atoms with van der Waals surface area (Å²) in [6, 6.07) is 10.3. The Labute approximate surface area is 120 Å². The van der Waals surface area contributed by atoms with E-state index in [9.17, 15) is 8.78 Å². The minimum Gasteiger partial charge on any atom is -0.377 e. The van der Waals surface area contributed by atoms with Gasteiger partial charge in [-0.1, -0.05) is 17.7 Å². The fourth-order valence-corrected chi connectivity index (χ4v) is 2.00. The van der Waals surface area contributed by atoms with Gasteiger partial charge in [-0.15, -0.1) is 0 Å². The number of anilines is 1. The largest absolute Gasteiger partial charge is 0.377 e. The molecule has 0 spiro atoms. The first-order valence-corrected chi connectivity index (χ1v) is 6.30. The summed E-state index contributed by atoms with van der Waals surface area (Å²) in [5.74, 6) is -1.79. The molecular weight excluding hydrogens is 282 g/mol. The van der Waals surface area contributed by atoms with E-state index in [0.717, 1.165) is 12.1 Å². The Morgan fingerprint density at radius 1 is 1.15 bits per heavy atom. The van der Waals surface area contributed by atoms with Gasteiger partial charge in [-0.2, -0.15) is 5.26 Å². The van der Waals surface area contributed by atoms with Crippen LogP contribution in [0.1, 0.15) is 24.1 Å². The second kappa shape index (κ2) is 5.89. The SMILES string of the molecule is CC(Nc1cc(Cl)ccc1C#N)c1ccc(F)c(F)c1.